The largest absolute Gasteiger partial charge is 0.394 e. The molecule has 8 nitrogen and oxygen atoms in total. The second-order valence-corrected chi connectivity index (χ2v) is 5.12. The molecule has 1 aliphatic rings. The summed E-state index contributed by atoms with van der Waals surface area (Å²) in [5.74, 6) is 1.33. The zero-order chi connectivity index (χ0) is 15.4. The van der Waals surface area contributed by atoms with Gasteiger partial charge in [0.2, 0.25) is 17.8 Å². The van der Waals surface area contributed by atoms with Gasteiger partial charge < -0.3 is 25.4 Å². The second kappa shape index (κ2) is 6.86. The molecule has 1 fully saturated rings. The summed E-state index contributed by atoms with van der Waals surface area (Å²) in [6.45, 7) is 8.84. The van der Waals surface area contributed by atoms with Gasteiger partial charge in [0.1, 0.15) is 0 Å². The van der Waals surface area contributed by atoms with E-state index in [0.29, 0.717) is 25.0 Å². The van der Waals surface area contributed by atoms with Crippen LogP contribution in [0.2, 0.25) is 0 Å². The smallest absolute Gasteiger partial charge is 0.232 e. The number of aliphatic hydroxyl groups is 1. The quantitative estimate of drug-likeness (QED) is 0.776. The maximum absolute atomic E-state index is 9.31. The number of aromatic nitrogens is 3. The number of ether oxygens (including phenoxy) is 1. The van der Waals surface area contributed by atoms with Gasteiger partial charge in [0.15, 0.2) is 0 Å². The van der Waals surface area contributed by atoms with Crippen LogP contribution in [0.15, 0.2) is 0 Å². The van der Waals surface area contributed by atoms with Gasteiger partial charge >= 0.3 is 0 Å². The SMILES string of the molecule is CCN(CC)c1nc(N)nc(N2CC(C)OC(CO)C2)n1. The molecule has 0 radical (unpaired) electrons. The molecule has 2 atom stereocenters. The fourth-order valence-electron chi connectivity index (χ4n) is 2.47. The zero-order valence-electron chi connectivity index (χ0n) is 12.9. The van der Waals surface area contributed by atoms with Crippen molar-refractivity contribution < 1.29 is 9.84 Å². The molecular formula is C13H24N6O2. The molecule has 0 aliphatic carbocycles. The molecule has 0 amide bonds. The first kappa shape index (κ1) is 15.7. The van der Waals surface area contributed by atoms with Crippen LogP contribution in [0.25, 0.3) is 0 Å². The summed E-state index contributed by atoms with van der Waals surface area (Å²) in [6, 6.07) is 0. The van der Waals surface area contributed by atoms with Crippen molar-refractivity contribution >= 4 is 17.8 Å². The summed E-state index contributed by atoms with van der Waals surface area (Å²) >= 11 is 0. The Morgan fingerprint density at radius 2 is 2.00 bits per heavy atom. The van der Waals surface area contributed by atoms with E-state index in [2.05, 4.69) is 15.0 Å². The Balaban J connectivity index is 2.26. The molecule has 1 saturated heterocycles. The minimum Gasteiger partial charge on any atom is -0.394 e. The highest BCUT2D eigenvalue weighted by Crippen LogP contribution is 2.19. The van der Waals surface area contributed by atoms with Crippen molar-refractivity contribution in [2.45, 2.75) is 33.0 Å². The molecule has 3 N–H and O–H groups in total. The van der Waals surface area contributed by atoms with Crippen molar-refractivity contribution in [1.82, 2.24) is 15.0 Å². The van der Waals surface area contributed by atoms with E-state index in [1.54, 1.807) is 0 Å². The molecule has 0 saturated carbocycles. The average molecular weight is 296 g/mol. The fourth-order valence-corrected chi connectivity index (χ4v) is 2.47. The summed E-state index contributed by atoms with van der Waals surface area (Å²) in [5.41, 5.74) is 5.82. The van der Waals surface area contributed by atoms with E-state index in [9.17, 15) is 5.11 Å². The number of nitrogens with two attached hydrogens (primary N) is 1. The summed E-state index contributed by atoms with van der Waals surface area (Å²) in [5, 5.41) is 9.31. The van der Waals surface area contributed by atoms with Gasteiger partial charge in [0.05, 0.1) is 18.8 Å². The zero-order valence-corrected chi connectivity index (χ0v) is 12.9. The highest BCUT2D eigenvalue weighted by atomic mass is 16.5. The lowest BCUT2D eigenvalue weighted by Crippen LogP contribution is -2.48. The minimum absolute atomic E-state index is 0.00536. The van der Waals surface area contributed by atoms with Gasteiger partial charge in [-0.25, -0.2) is 0 Å². The van der Waals surface area contributed by atoms with Crippen LogP contribution in [0, 0.1) is 0 Å². The van der Waals surface area contributed by atoms with Gasteiger partial charge in [0.25, 0.3) is 0 Å². The van der Waals surface area contributed by atoms with Crippen molar-refractivity contribution in [3.8, 4) is 0 Å². The minimum atomic E-state index is -0.233. The molecule has 2 unspecified atom stereocenters. The van der Waals surface area contributed by atoms with Crippen LogP contribution >= 0.6 is 0 Å². The summed E-state index contributed by atoms with van der Waals surface area (Å²) in [6.07, 6.45) is -0.227. The van der Waals surface area contributed by atoms with Gasteiger partial charge in [-0.3, -0.25) is 0 Å². The van der Waals surface area contributed by atoms with Gasteiger partial charge in [-0.1, -0.05) is 0 Å². The van der Waals surface area contributed by atoms with E-state index in [1.165, 1.54) is 0 Å². The Morgan fingerprint density at radius 1 is 1.29 bits per heavy atom. The molecule has 0 aromatic carbocycles. The highest BCUT2D eigenvalue weighted by molar-refractivity contribution is 5.44. The Hall–Kier alpha value is -1.67. The number of hydrogen-bond acceptors (Lipinski definition) is 8. The third-order valence-electron chi connectivity index (χ3n) is 3.49. The van der Waals surface area contributed by atoms with Gasteiger partial charge in [-0.05, 0) is 20.8 Å². The third kappa shape index (κ3) is 3.70. The summed E-state index contributed by atoms with van der Waals surface area (Å²) < 4.78 is 5.63. The highest BCUT2D eigenvalue weighted by Gasteiger charge is 2.27. The lowest BCUT2D eigenvalue weighted by molar-refractivity contribution is -0.0425. The van der Waals surface area contributed by atoms with E-state index in [-0.39, 0.29) is 24.8 Å². The number of anilines is 3. The second-order valence-electron chi connectivity index (χ2n) is 5.12. The maximum atomic E-state index is 9.31. The molecule has 0 spiro atoms. The molecule has 118 valence electrons. The van der Waals surface area contributed by atoms with Gasteiger partial charge in [0, 0.05) is 26.2 Å². The van der Waals surface area contributed by atoms with Crippen LogP contribution in [0.3, 0.4) is 0 Å². The van der Waals surface area contributed by atoms with Crippen LogP contribution < -0.4 is 15.5 Å². The number of morpholine rings is 1. The molecule has 2 rings (SSSR count). The molecule has 2 heterocycles. The average Bonchev–Trinajstić information content (AvgIpc) is 2.47. The third-order valence-corrected chi connectivity index (χ3v) is 3.49. The van der Waals surface area contributed by atoms with Crippen LogP contribution in [0.4, 0.5) is 17.8 Å². The maximum Gasteiger partial charge on any atom is 0.232 e. The topological polar surface area (TPSA) is 101 Å². The Kier molecular flexibility index (Phi) is 5.13. The van der Waals surface area contributed by atoms with E-state index < -0.39 is 0 Å². The van der Waals surface area contributed by atoms with Gasteiger partial charge in [-0.15, -0.1) is 0 Å². The van der Waals surface area contributed by atoms with Gasteiger partial charge in [-0.2, -0.15) is 15.0 Å². The fraction of sp³-hybridized carbons (Fsp3) is 0.769. The van der Waals surface area contributed by atoms with Crippen LogP contribution in [0.1, 0.15) is 20.8 Å². The lowest BCUT2D eigenvalue weighted by Gasteiger charge is -2.36. The number of nitrogen functional groups attached to an aromatic ring is 1. The molecular weight excluding hydrogens is 272 g/mol. The van der Waals surface area contributed by atoms with E-state index in [0.717, 1.165) is 13.1 Å². The van der Waals surface area contributed by atoms with Crippen molar-refractivity contribution in [3.63, 3.8) is 0 Å². The molecule has 1 aliphatic heterocycles. The molecule has 8 heteroatoms. The van der Waals surface area contributed by atoms with Crippen LogP contribution in [0.5, 0.6) is 0 Å². The normalized spacial score (nSPS) is 22.4. The first-order valence-electron chi connectivity index (χ1n) is 7.35. The van der Waals surface area contributed by atoms with E-state index in [4.69, 9.17) is 10.5 Å². The number of aliphatic hydroxyl groups excluding tert-OH is 1. The monoisotopic (exact) mass is 296 g/mol. The van der Waals surface area contributed by atoms with Crippen LogP contribution in [-0.4, -0.2) is 65.1 Å². The number of hydrogen-bond donors (Lipinski definition) is 2. The molecule has 1 aromatic heterocycles. The molecule has 1 aromatic rings. The predicted octanol–water partition coefficient (Wildman–Crippen LogP) is -0.114. The Morgan fingerprint density at radius 3 is 2.62 bits per heavy atom. The van der Waals surface area contributed by atoms with Crippen LogP contribution in [-0.2, 0) is 4.74 Å². The number of rotatable bonds is 5. The predicted molar refractivity (Wildman–Crippen MR) is 81.4 cm³/mol. The summed E-state index contributed by atoms with van der Waals surface area (Å²) in [4.78, 5) is 17.0. The van der Waals surface area contributed by atoms with Crippen molar-refractivity contribution in [2.75, 3.05) is 48.3 Å². The Bertz CT molecular complexity index is 468. The van der Waals surface area contributed by atoms with Crippen molar-refractivity contribution in [3.05, 3.63) is 0 Å². The van der Waals surface area contributed by atoms with E-state index >= 15 is 0 Å². The Labute approximate surface area is 125 Å². The molecule has 0 bridgehead atoms. The number of nitrogens with zero attached hydrogens (tertiary/aromatic N) is 5. The lowest BCUT2D eigenvalue weighted by atomic mass is 10.2. The van der Waals surface area contributed by atoms with Crippen molar-refractivity contribution in [1.29, 1.82) is 0 Å². The first-order chi connectivity index (χ1) is 10.1. The van der Waals surface area contributed by atoms with Crippen molar-refractivity contribution in [2.24, 2.45) is 0 Å². The standard InChI is InChI=1S/C13H24N6O2/c1-4-18(5-2)12-15-11(14)16-13(17-12)19-6-9(3)21-10(7-19)8-20/h9-10,20H,4-8H2,1-3H3,(H2,14,15,16,17). The van der Waals surface area contributed by atoms with E-state index in [1.807, 2.05) is 30.6 Å². The first-order valence-corrected chi connectivity index (χ1v) is 7.35. The molecule has 21 heavy (non-hydrogen) atoms. The summed E-state index contributed by atoms with van der Waals surface area (Å²) in [7, 11) is 0.